The molecule has 3 rings (SSSR count). The number of hydrogen-bond acceptors (Lipinski definition) is 2. The molecule has 0 radical (unpaired) electrons. The summed E-state index contributed by atoms with van der Waals surface area (Å²) < 4.78 is 13.2. The Morgan fingerprint density at radius 1 is 1.41 bits per heavy atom. The van der Waals surface area contributed by atoms with E-state index < -0.39 is 0 Å². The van der Waals surface area contributed by atoms with Crippen LogP contribution in [0.3, 0.4) is 0 Å². The minimum Gasteiger partial charge on any atom is -0.306 e. The molecule has 2 atom stereocenters. The van der Waals surface area contributed by atoms with Crippen LogP contribution in [0.4, 0.5) is 4.39 Å². The minimum absolute atomic E-state index is 0.116. The monoisotopic (exact) mass is 233 g/mol. The summed E-state index contributed by atoms with van der Waals surface area (Å²) in [6.07, 6.45) is 1.67. The second-order valence-corrected chi connectivity index (χ2v) is 5.28. The summed E-state index contributed by atoms with van der Waals surface area (Å²) in [6, 6.07) is 4.68. The van der Waals surface area contributed by atoms with Crippen molar-refractivity contribution >= 4 is 5.78 Å². The van der Waals surface area contributed by atoms with Gasteiger partial charge in [-0.2, -0.15) is 0 Å². The molecule has 3 heteroatoms. The summed E-state index contributed by atoms with van der Waals surface area (Å²) >= 11 is 0. The first-order valence-corrected chi connectivity index (χ1v) is 6.16. The van der Waals surface area contributed by atoms with Crippen LogP contribution in [0, 0.1) is 11.7 Å². The van der Waals surface area contributed by atoms with Crippen molar-refractivity contribution < 1.29 is 9.18 Å². The van der Waals surface area contributed by atoms with E-state index in [1.807, 2.05) is 0 Å². The fraction of sp³-hybridized carbons (Fsp3) is 0.500. The van der Waals surface area contributed by atoms with Gasteiger partial charge in [-0.15, -0.1) is 0 Å². The zero-order valence-corrected chi connectivity index (χ0v) is 9.95. The molecule has 1 aromatic rings. The Morgan fingerprint density at radius 3 is 3.06 bits per heavy atom. The zero-order valence-electron chi connectivity index (χ0n) is 9.95. The van der Waals surface area contributed by atoms with Gasteiger partial charge < -0.3 is 4.90 Å². The number of ketones is 1. The fourth-order valence-corrected chi connectivity index (χ4v) is 3.20. The van der Waals surface area contributed by atoms with Crippen molar-refractivity contribution in [2.45, 2.75) is 18.8 Å². The lowest BCUT2D eigenvalue weighted by Gasteiger charge is -2.40. The van der Waals surface area contributed by atoms with Crippen molar-refractivity contribution in [3.05, 3.63) is 35.1 Å². The number of carbonyl (C=O) groups excluding carboxylic acids is 1. The number of rotatable bonds is 0. The summed E-state index contributed by atoms with van der Waals surface area (Å²) in [6.45, 7) is 2.04. The van der Waals surface area contributed by atoms with Crippen LogP contribution < -0.4 is 0 Å². The van der Waals surface area contributed by atoms with Gasteiger partial charge in [-0.1, -0.05) is 6.07 Å². The van der Waals surface area contributed by atoms with E-state index in [-0.39, 0.29) is 11.6 Å². The summed E-state index contributed by atoms with van der Waals surface area (Å²) in [5.74, 6) is 0.670. The number of likely N-dealkylation sites (N-methyl/N-ethyl adjacent to an activating group) is 1. The molecule has 0 aromatic heterocycles. The average Bonchev–Trinajstić information content (AvgIpc) is 2.30. The first-order valence-electron chi connectivity index (χ1n) is 6.16. The maximum absolute atomic E-state index is 13.2. The third-order valence-corrected chi connectivity index (χ3v) is 4.12. The van der Waals surface area contributed by atoms with Crippen molar-refractivity contribution in [1.82, 2.24) is 4.90 Å². The zero-order chi connectivity index (χ0) is 12.0. The third-order valence-electron chi connectivity index (χ3n) is 4.12. The van der Waals surface area contributed by atoms with E-state index in [9.17, 15) is 9.18 Å². The minimum atomic E-state index is -0.306. The highest BCUT2D eigenvalue weighted by Gasteiger charge is 2.36. The van der Waals surface area contributed by atoms with E-state index in [2.05, 4.69) is 11.9 Å². The van der Waals surface area contributed by atoms with E-state index in [0.717, 1.165) is 25.1 Å². The number of piperidine rings is 1. The van der Waals surface area contributed by atoms with Gasteiger partial charge in [0.15, 0.2) is 5.78 Å². The standard InChI is InChI=1S/C14H16FNO/c1-16-5-4-9-6-14(17)12-7-10(15)2-3-11(12)13(9)8-16/h2-3,7,9,13H,4-6,8H2,1H3/t9-,13-/m1/s1. The van der Waals surface area contributed by atoms with Gasteiger partial charge in [0.1, 0.15) is 5.82 Å². The van der Waals surface area contributed by atoms with E-state index in [0.29, 0.717) is 23.8 Å². The van der Waals surface area contributed by atoms with Crippen LogP contribution in [0.2, 0.25) is 0 Å². The molecule has 0 bridgehead atoms. The number of nitrogens with zero attached hydrogens (tertiary/aromatic N) is 1. The highest BCUT2D eigenvalue weighted by molar-refractivity contribution is 5.99. The second-order valence-electron chi connectivity index (χ2n) is 5.28. The van der Waals surface area contributed by atoms with Gasteiger partial charge in [-0.25, -0.2) is 4.39 Å². The highest BCUT2D eigenvalue weighted by Crippen LogP contribution is 2.40. The molecule has 0 unspecified atom stereocenters. The van der Waals surface area contributed by atoms with Gasteiger partial charge in [0.05, 0.1) is 0 Å². The molecule has 2 nitrogen and oxygen atoms in total. The Hall–Kier alpha value is -1.22. The smallest absolute Gasteiger partial charge is 0.163 e. The number of benzene rings is 1. The molecule has 0 amide bonds. The van der Waals surface area contributed by atoms with Crippen molar-refractivity contribution in [3.63, 3.8) is 0 Å². The molecule has 1 heterocycles. The Bertz CT molecular complexity index is 471. The Balaban J connectivity index is 2.05. The van der Waals surface area contributed by atoms with Crippen LogP contribution in [-0.2, 0) is 0 Å². The van der Waals surface area contributed by atoms with Crippen molar-refractivity contribution in [3.8, 4) is 0 Å². The molecule has 0 saturated carbocycles. The predicted molar refractivity (Wildman–Crippen MR) is 63.7 cm³/mol. The first-order chi connectivity index (χ1) is 8.15. The molecule has 1 aliphatic heterocycles. The quantitative estimate of drug-likeness (QED) is 0.686. The third kappa shape index (κ3) is 1.78. The van der Waals surface area contributed by atoms with Crippen LogP contribution in [0.5, 0.6) is 0 Å². The van der Waals surface area contributed by atoms with E-state index in [4.69, 9.17) is 0 Å². The number of halogens is 1. The van der Waals surface area contributed by atoms with Crippen LogP contribution in [0.25, 0.3) is 0 Å². The van der Waals surface area contributed by atoms with Crippen molar-refractivity contribution in [2.75, 3.05) is 20.1 Å². The Morgan fingerprint density at radius 2 is 2.24 bits per heavy atom. The molecule has 17 heavy (non-hydrogen) atoms. The lowest BCUT2D eigenvalue weighted by atomic mass is 9.71. The number of hydrogen-bond donors (Lipinski definition) is 0. The molecule has 1 aromatic carbocycles. The van der Waals surface area contributed by atoms with Gasteiger partial charge in [-0.3, -0.25) is 4.79 Å². The first kappa shape index (κ1) is 10.9. The van der Waals surface area contributed by atoms with Gasteiger partial charge in [0, 0.05) is 24.4 Å². The fourth-order valence-electron chi connectivity index (χ4n) is 3.20. The SMILES string of the molecule is CN1CC[C@@H]2CC(=O)c3cc(F)ccc3[C@@H]2C1. The normalized spacial score (nSPS) is 28.7. The van der Waals surface area contributed by atoms with Crippen LogP contribution in [0.1, 0.15) is 34.7 Å². The lowest BCUT2D eigenvalue weighted by molar-refractivity contribution is 0.0886. The lowest BCUT2D eigenvalue weighted by Crippen LogP contribution is -2.40. The van der Waals surface area contributed by atoms with Gasteiger partial charge >= 0.3 is 0 Å². The van der Waals surface area contributed by atoms with E-state index >= 15 is 0 Å². The molecule has 2 aliphatic rings. The average molecular weight is 233 g/mol. The molecule has 1 saturated heterocycles. The molecule has 1 fully saturated rings. The largest absolute Gasteiger partial charge is 0.306 e. The summed E-state index contributed by atoms with van der Waals surface area (Å²) in [4.78, 5) is 14.3. The second kappa shape index (κ2) is 3.91. The predicted octanol–water partition coefficient (Wildman–Crippen LogP) is 2.45. The van der Waals surface area contributed by atoms with Crippen molar-refractivity contribution in [2.24, 2.45) is 5.92 Å². The molecule has 90 valence electrons. The van der Waals surface area contributed by atoms with Crippen LogP contribution >= 0.6 is 0 Å². The summed E-state index contributed by atoms with van der Waals surface area (Å²) in [7, 11) is 2.11. The van der Waals surface area contributed by atoms with Crippen molar-refractivity contribution in [1.29, 1.82) is 0 Å². The van der Waals surface area contributed by atoms with E-state index in [1.165, 1.54) is 12.1 Å². The van der Waals surface area contributed by atoms with Gasteiger partial charge in [0.25, 0.3) is 0 Å². The number of fused-ring (bicyclic) bond motifs is 3. The molecule has 0 spiro atoms. The maximum Gasteiger partial charge on any atom is 0.163 e. The molecule has 0 N–H and O–H groups in total. The molecular formula is C14H16FNO. The van der Waals surface area contributed by atoms with Gasteiger partial charge in [-0.05, 0) is 43.6 Å². The van der Waals surface area contributed by atoms with Gasteiger partial charge in [0.2, 0.25) is 0 Å². The van der Waals surface area contributed by atoms with Crippen LogP contribution in [0.15, 0.2) is 18.2 Å². The summed E-state index contributed by atoms with van der Waals surface area (Å²) in [5, 5.41) is 0. The number of carbonyl (C=O) groups is 1. The maximum atomic E-state index is 13.2. The molecular weight excluding hydrogens is 217 g/mol. The van der Waals surface area contributed by atoms with E-state index in [1.54, 1.807) is 6.07 Å². The highest BCUT2D eigenvalue weighted by atomic mass is 19.1. The number of Topliss-reactive ketones (excluding diaryl/α,β-unsaturated/α-hetero) is 1. The molecule has 1 aliphatic carbocycles. The van der Waals surface area contributed by atoms with Crippen LogP contribution in [-0.4, -0.2) is 30.8 Å². The Labute approximate surface area is 100 Å². The Kier molecular flexibility index (Phi) is 2.51. The number of likely N-dealkylation sites (tertiary alicyclic amines) is 1. The summed E-state index contributed by atoms with van der Waals surface area (Å²) in [5.41, 5.74) is 1.67. The topological polar surface area (TPSA) is 20.3 Å².